The van der Waals surface area contributed by atoms with Gasteiger partial charge in [0.25, 0.3) is 0 Å². The van der Waals surface area contributed by atoms with Crippen LogP contribution in [0.5, 0.6) is 0 Å². The van der Waals surface area contributed by atoms with Crippen LogP contribution < -0.4 is 0 Å². The minimum Gasteiger partial charge on any atom is -0.480 e. The van der Waals surface area contributed by atoms with E-state index in [2.05, 4.69) is 24.0 Å². The third kappa shape index (κ3) is 3.74. The van der Waals surface area contributed by atoms with Gasteiger partial charge in [0.2, 0.25) is 0 Å². The van der Waals surface area contributed by atoms with Crippen LogP contribution in [0.3, 0.4) is 0 Å². The minimum absolute atomic E-state index is 0.360. The van der Waals surface area contributed by atoms with E-state index >= 15 is 0 Å². The van der Waals surface area contributed by atoms with Gasteiger partial charge in [-0.15, -0.1) is 0 Å². The third-order valence-electron chi connectivity index (χ3n) is 3.57. The molecule has 104 valence electrons. The Balaban J connectivity index is 2.02. The number of rotatable bonds is 6. The molecule has 1 N–H and O–H groups in total. The number of benzene rings is 1. The molecule has 1 atom stereocenters. The maximum absolute atomic E-state index is 11.4. The highest BCUT2D eigenvalue weighted by molar-refractivity contribution is 7.99. The van der Waals surface area contributed by atoms with Gasteiger partial charge in [-0.25, -0.2) is 0 Å². The van der Waals surface area contributed by atoms with Crippen LogP contribution in [0.25, 0.3) is 0 Å². The highest BCUT2D eigenvalue weighted by atomic mass is 32.2. The fraction of sp³-hybridized carbons (Fsp3) is 0.533. The van der Waals surface area contributed by atoms with E-state index < -0.39 is 5.97 Å². The van der Waals surface area contributed by atoms with E-state index in [1.54, 1.807) is 0 Å². The van der Waals surface area contributed by atoms with Gasteiger partial charge >= 0.3 is 5.97 Å². The van der Waals surface area contributed by atoms with Gasteiger partial charge in [0.15, 0.2) is 0 Å². The Hall–Kier alpha value is -1.00. The van der Waals surface area contributed by atoms with Gasteiger partial charge in [0, 0.05) is 13.1 Å². The molecule has 1 aromatic carbocycles. The maximum Gasteiger partial charge on any atom is 0.321 e. The summed E-state index contributed by atoms with van der Waals surface area (Å²) in [6.45, 7) is 3.80. The largest absolute Gasteiger partial charge is 0.480 e. The number of hydrogen-bond acceptors (Lipinski definition) is 3. The number of thioether (sulfide) groups is 1. The normalized spacial score (nSPS) is 19.1. The Labute approximate surface area is 119 Å². The molecule has 19 heavy (non-hydrogen) atoms. The zero-order valence-corrected chi connectivity index (χ0v) is 12.2. The lowest BCUT2D eigenvalue weighted by Gasteiger charge is -2.34. The Morgan fingerprint density at radius 3 is 2.84 bits per heavy atom. The smallest absolute Gasteiger partial charge is 0.321 e. The SMILES string of the molecule is CCSCCCN1Cc2ccccc2CC1C(=O)O. The molecule has 0 fully saturated rings. The first-order valence-corrected chi connectivity index (χ1v) is 7.99. The van der Waals surface area contributed by atoms with E-state index in [4.69, 9.17) is 0 Å². The van der Waals surface area contributed by atoms with Crippen LogP contribution in [-0.2, 0) is 17.8 Å². The Bertz CT molecular complexity index is 436. The van der Waals surface area contributed by atoms with Crippen LogP contribution in [0.15, 0.2) is 24.3 Å². The van der Waals surface area contributed by atoms with Gasteiger partial charge in [-0.05, 0) is 35.5 Å². The van der Waals surface area contributed by atoms with Crippen molar-refractivity contribution < 1.29 is 9.90 Å². The van der Waals surface area contributed by atoms with Gasteiger partial charge in [0.1, 0.15) is 6.04 Å². The number of hydrogen-bond donors (Lipinski definition) is 1. The van der Waals surface area contributed by atoms with Gasteiger partial charge < -0.3 is 5.11 Å². The van der Waals surface area contributed by atoms with Crippen molar-refractivity contribution in [1.29, 1.82) is 0 Å². The lowest BCUT2D eigenvalue weighted by atomic mass is 9.94. The average Bonchev–Trinajstić information content (AvgIpc) is 2.42. The first-order chi connectivity index (χ1) is 9.22. The molecule has 0 radical (unpaired) electrons. The predicted octanol–water partition coefficient (Wildman–Crippen LogP) is 2.64. The molecule has 3 nitrogen and oxygen atoms in total. The number of aliphatic carboxylic acids is 1. The summed E-state index contributed by atoms with van der Waals surface area (Å²) in [5, 5.41) is 9.39. The summed E-state index contributed by atoms with van der Waals surface area (Å²) in [7, 11) is 0. The van der Waals surface area contributed by atoms with Crippen molar-refractivity contribution >= 4 is 17.7 Å². The molecule has 0 aromatic heterocycles. The number of carboxylic acid groups (broad SMARTS) is 1. The first kappa shape index (κ1) is 14.4. The summed E-state index contributed by atoms with van der Waals surface area (Å²) in [6, 6.07) is 7.83. The van der Waals surface area contributed by atoms with E-state index in [1.165, 1.54) is 11.1 Å². The number of carbonyl (C=O) groups is 1. The fourth-order valence-corrected chi connectivity index (χ4v) is 3.19. The van der Waals surface area contributed by atoms with E-state index in [-0.39, 0.29) is 6.04 Å². The second kappa shape index (κ2) is 6.96. The standard InChI is InChI=1S/C15H21NO2S/c1-2-19-9-5-8-16-11-13-7-4-3-6-12(13)10-14(16)15(17)18/h3-4,6-7,14H,2,5,8-11H2,1H3,(H,17,18). The zero-order chi connectivity index (χ0) is 13.7. The van der Waals surface area contributed by atoms with Gasteiger partial charge in [0.05, 0.1) is 0 Å². The molecule has 4 heteroatoms. The van der Waals surface area contributed by atoms with Crippen molar-refractivity contribution in [2.24, 2.45) is 0 Å². The molecule has 0 aliphatic carbocycles. The molecule has 0 saturated carbocycles. The topological polar surface area (TPSA) is 40.5 Å². The van der Waals surface area contributed by atoms with E-state index in [1.807, 2.05) is 23.9 Å². The Kier molecular flexibility index (Phi) is 5.28. The number of carboxylic acids is 1. The summed E-state index contributed by atoms with van der Waals surface area (Å²) < 4.78 is 0. The molecule has 1 aliphatic heterocycles. The first-order valence-electron chi connectivity index (χ1n) is 6.83. The van der Waals surface area contributed by atoms with E-state index in [0.717, 1.165) is 31.0 Å². The van der Waals surface area contributed by atoms with Crippen molar-refractivity contribution in [3.63, 3.8) is 0 Å². The number of fused-ring (bicyclic) bond motifs is 1. The van der Waals surface area contributed by atoms with Crippen LogP contribution in [-0.4, -0.2) is 40.1 Å². The van der Waals surface area contributed by atoms with Crippen molar-refractivity contribution in [3.05, 3.63) is 35.4 Å². The second-order valence-electron chi connectivity index (χ2n) is 4.85. The van der Waals surface area contributed by atoms with Crippen LogP contribution >= 0.6 is 11.8 Å². The van der Waals surface area contributed by atoms with Crippen molar-refractivity contribution in [3.8, 4) is 0 Å². The van der Waals surface area contributed by atoms with Crippen LogP contribution in [0, 0.1) is 0 Å². The summed E-state index contributed by atoms with van der Waals surface area (Å²) >= 11 is 1.92. The molecule has 2 rings (SSSR count). The molecular formula is C15H21NO2S. The summed E-state index contributed by atoms with van der Waals surface area (Å²) in [5.41, 5.74) is 2.47. The third-order valence-corrected chi connectivity index (χ3v) is 4.55. The molecule has 1 unspecified atom stereocenters. The molecule has 1 aliphatic rings. The molecule has 1 heterocycles. The monoisotopic (exact) mass is 279 g/mol. The molecule has 0 amide bonds. The predicted molar refractivity (Wildman–Crippen MR) is 79.6 cm³/mol. The molecule has 1 aromatic rings. The van der Waals surface area contributed by atoms with Crippen molar-refractivity contribution in [2.45, 2.75) is 32.4 Å². The zero-order valence-electron chi connectivity index (χ0n) is 11.3. The van der Waals surface area contributed by atoms with Crippen molar-refractivity contribution in [1.82, 2.24) is 4.90 Å². The molecule has 0 saturated heterocycles. The highest BCUT2D eigenvalue weighted by Gasteiger charge is 2.30. The second-order valence-corrected chi connectivity index (χ2v) is 6.24. The van der Waals surface area contributed by atoms with Crippen LogP contribution in [0.1, 0.15) is 24.5 Å². The maximum atomic E-state index is 11.4. The lowest BCUT2D eigenvalue weighted by Crippen LogP contribution is -2.46. The van der Waals surface area contributed by atoms with Crippen molar-refractivity contribution in [2.75, 3.05) is 18.1 Å². The Morgan fingerprint density at radius 1 is 1.42 bits per heavy atom. The minimum atomic E-state index is -0.697. The lowest BCUT2D eigenvalue weighted by molar-refractivity contribution is -0.143. The Morgan fingerprint density at radius 2 is 2.16 bits per heavy atom. The fourth-order valence-electron chi connectivity index (χ4n) is 2.57. The molecular weight excluding hydrogens is 258 g/mol. The summed E-state index contributed by atoms with van der Waals surface area (Å²) in [6.07, 6.45) is 1.69. The van der Waals surface area contributed by atoms with Crippen LogP contribution in [0.2, 0.25) is 0 Å². The van der Waals surface area contributed by atoms with Gasteiger partial charge in [-0.1, -0.05) is 31.2 Å². The van der Waals surface area contributed by atoms with E-state index in [0.29, 0.717) is 6.42 Å². The quantitative estimate of drug-likeness (QED) is 0.813. The average molecular weight is 279 g/mol. The summed E-state index contributed by atoms with van der Waals surface area (Å²) in [5.74, 6) is 1.55. The highest BCUT2D eigenvalue weighted by Crippen LogP contribution is 2.23. The summed E-state index contributed by atoms with van der Waals surface area (Å²) in [4.78, 5) is 13.5. The number of nitrogens with zero attached hydrogens (tertiary/aromatic N) is 1. The van der Waals surface area contributed by atoms with E-state index in [9.17, 15) is 9.90 Å². The molecule has 0 spiro atoms. The van der Waals surface area contributed by atoms with Gasteiger partial charge in [-0.2, -0.15) is 11.8 Å². The van der Waals surface area contributed by atoms with Crippen LogP contribution in [0.4, 0.5) is 0 Å². The molecule has 0 bridgehead atoms. The van der Waals surface area contributed by atoms with Gasteiger partial charge in [-0.3, -0.25) is 9.69 Å².